The van der Waals surface area contributed by atoms with Crippen LogP contribution in [0.15, 0.2) is 24.3 Å². The fourth-order valence-corrected chi connectivity index (χ4v) is 2.81. The molecule has 0 saturated carbocycles. The van der Waals surface area contributed by atoms with E-state index in [1.165, 1.54) is 11.1 Å². The average Bonchev–Trinajstić information content (AvgIpc) is 2.52. The van der Waals surface area contributed by atoms with Crippen molar-refractivity contribution in [3.8, 4) is 0 Å². The summed E-state index contributed by atoms with van der Waals surface area (Å²) in [5.41, 5.74) is 7.92. The van der Waals surface area contributed by atoms with Gasteiger partial charge in [-0.05, 0) is 31.2 Å². The maximum absolute atomic E-state index is 12.5. The summed E-state index contributed by atoms with van der Waals surface area (Å²) in [5.74, 6) is 0.372. The Bertz CT molecular complexity index is 481. The lowest BCUT2D eigenvalue weighted by Crippen LogP contribution is -2.49. The van der Waals surface area contributed by atoms with Crippen LogP contribution in [0, 0.1) is 12.3 Å². The molecule has 0 aromatic heterocycles. The van der Waals surface area contributed by atoms with E-state index in [2.05, 4.69) is 43.4 Å². The number of nitrogens with two attached hydrogens (primary N) is 1. The van der Waals surface area contributed by atoms with Crippen molar-refractivity contribution in [2.75, 3.05) is 26.3 Å². The van der Waals surface area contributed by atoms with Gasteiger partial charge in [0.05, 0.1) is 5.41 Å². The number of benzene rings is 1. The van der Waals surface area contributed by atoms with Crippen LogP contribution in [-0.4, -0.2) is 32.2 Å². The topological polar surface area (TPSA) is 64.4 Å². The molecule has 1 aliphatic rings. The molecule has 1 saturated heterocycles. The van der Waals surface area contributed by atoms with Gasteiger partial charge in [0.1, 0.15) is 0 Å². The number of ether oxygens (including phenoxy) is 1. The Morgan fingerprint density at radius 2 is 2.14 bits per heavy atom. The molecule has 1 unspecified atom stereocenters. The summed E-state index contributed by atoms with van der Waals surface area (Å²) in [6.07, 6.45) is 1.43. The van der Waals surface area contributed by atoms with Gasteiger partial charge in [-0.2, -0.15) is 0 Å². The van der Waals surface area contributed by atoms with E-state index in [4.69, 9.17) is 10.5 Å². The normalized spacial score (nSPS) is 19.0. The summed E-state index contributed by atoms with van der Waals surface area (Å²) in [5, 5.41) is 3.09. The van der Waals surface area contributed by atoms with Crippen molar-refractivity contribution < 1.29 is 9.53 Å². The van der Waals surface area contributed by atoms with Crippen LogP contribution in [0.4, 0.5) is 0 Å². The third-order valence-electron chi connectivity index (χ3n) is 4.50. The standard InChI is InChI=1S/C17H26N2O2/c1-13-4-3-5-15(10-13)14(2)11-19-16(20)17(12-18)6-8-21-9-7-17/h3-5,10,14H,6-9,11-12,18H2,1-2H3,(H,19,20). The molecule has 0 spiro atoms. The van der Waals surface area contributed by atoms with Crippen molar-refractivity contribution in [2.45, 2.75) is 32.6 Å². The van der Waals surface area contributed by atoms with Crippen LogP contribution in [0.1, 0.15) is 36.8 Å². The van der Waals surface area contributed by atoms with Crippen molar-refractivity contribution in [3.63, 3.8) is 0 Å². The van der Waals surface area contributed by atoms with Crippen LogP contribution < -0.4 is 11.1 Å². The van der Waals surface area contributed by atoms with Crippen molar-refractivity contribution in [1.82, 2.24) is 5.32 Å². The first-order valence-corrected chi connectivity index (χ1v) is 7.70. The van der Waals surface area contributed by atoms with Gasteiger partial charge >= 0.3 is 0 Å². The summed E-state index contributed by atoms with van der Waals surface area (Å²) < 4.78 is 5.35. The van der Waals surface area contributed by atoms with Gasteiger partial charge in [-0.25, -0.2) is 0 Å². The summed E-state index contributed by atoms with van der Waals surface area (Å²) in [6.45, 7) is 6.50. The van der Waals surface area contributed by atoms with Crippen molar-refractivity contribution in [2.24, 2.45) is 11.1 Å². The number of rotatable bonds is 5. The third kappa shape index (κ3) is 3.83. The highest BCUT2D eigenvalue weighted by atomic mass is 16.5. The molecule has 2 rings (SSSR count). The first kappa shape index (κ1) is 16.0. The zero-order valence-corrected chi connectivity index (χ0v) is 13.0. The molecule has 1 atom stereocenters. The Morgan fingerprint density at radius 3 is 2.76 bits per heavy atom. The number of nitrogens with one attached hydrogen (secondary N) is 1. The van der Waals surface area contributed by atoms with Crippen molar-refractivity contribution in [1.29, 1.82) is 0 Å². The zero-order valence-electron chi connectivity index (χ0n) is 13.0. The molecule has 0 bridgehead atoms. The number of hydrogen-bond donors (Lipinski definition) is 2. The van der Waals surface area contributed by atoms with E-state index in [0.29, 0.717) is 45.1 Å². The average molecular weight is 290 g/mol. The maximum Gasteiger partial charge on any atom is 0.227 e. The van der Waals surface area contributed by atoms with E-state index in [9.17, 15) is 4.79 Å². The van der Waals surface area contributed by atoms with Crippen LogP contribution in [0.3, 0.4) is 0 Å². The predicted octanol–water partition coefficient (Wildman–Crippen LogP) is 1.97. The van der Waals surface area contributed by atoms with Crippen LogP contribution in [-0.2, 0) is 9.53 Å². The third-order valence-corrected chi connectivity index (χ3v) is 4.50. The summed E-state index contributed by atoms with van der Waals surface area (Å²) >= 11 is 0. The lowest BCUT2D eigenvalue weighted by atomic mass is 9.79. The largest absolute Gasteiger partial charge is 0.381 e. The van der Waals surface area contributed by atoms with E-state index in [-0.39, 0.29) is 5.91 Å². The number of aryl methyl sites for hydroxylation is 1. The van der Waals surface area contributed by atoms with Gasteiger partial charge in [0, 0.05) is 26.3 Å². The minimum atomic E-state index is -0.440. The molecule has 0 radical (unpaired) electrons. The van der Waals surface area contributed by atoms with Gasteiger partial charge < -0.3 is 15.8 Å². The van der Waals surface area contributed by atoms with Crippen LogP contribution in [0.2, 0.25) is 0 Å². The molecule has 1 aromatic carbocycles. The first-order chi connectivity index (χ1) is 10.1. The SMILES string of the molecule is Cc1cccc(C(C)CNC(=O)C2(CN)CCOCC2)c1. The number of amides is 1. The molecule has 1 aliphatic heterocycles. The fourth-order valence-electron chi connectivity index (χ4n) is 2.81. The van der Waals surface area contributed by atoms with Gasteiger partial charge in [0.2, 0.25) is 5.91 Å². The number of carbonyl (C=O) groups is 1. The number of carbonyl (C=O) groups excluding carboxylic acids is 1. The molecule has 4 nitrogen and oxygen atoms in total. The van der Waals surface area contributed by atoms with Gasteiger partial charge in [-0.1, -0.05) is 36.8 Å². The molecule has 1 fully saturated rings. The molecular weight excluding hydrogens is 264 g/mol. The Balaban J connectivity index is 1.93. The smallest absolute Gasteiger partial charge is 0.227 e. The van der Waals surface area contributed by atoms with Crippen LogP contribution in [0.25, 0.3) is 0 Å². The molecule has 21 heavy (non-hydrogen) atoms. The molecule has 1 amide bonds. The zero-order chi connectivity index (χ0) is 15.3. The molecular formula is C17H26N2O2. The van der Waals surface area contributed by atoms with Crippen LogP contribution in [0.5, 0.6) is 0 Å². The summed E-state index contributed by atoms with van der Waals surface area (Å²) in [6, 6.07) is 8.42. The summed E-state index contributed by atoms with van der Waals surface area (Å²) in [4.78, 5) is 12.5. The highest BCUT2D eigenvalue weighted by Crippen LogP contribution is 2.29. The van der Waals surface area contributed by atoms with E-state index < -0.39 is 5.41 Å². The minimum Gasteiger partial charge on any atom is -0.381 e. The molecule has 1 aromatic rings. The highest BCUT2D eigenvalue weighted by Gasteiger charge is 2.38. The van der Waals surface area contributed by atoms with Gasteiger partial charge in [0.15, 0.2) is 0 Å². The van der Waals surface area contributed by atoms with Gasteiger partial charge in [-0.15, -0.1) is 0 Å². The van der Waals surface area contributed by atoms with Gasteiger partial charge in [0.25, 0.3) is 0 Å². The lowest BCUT2D eigenvalue weighted by Gasteiger charge is -2.34. The van der Waals surface area contributed by atoms with E-state index in [1.54, 1.807) is 0 Å². The maximum atomic E-state index is 12.5. The van der Waals surface area contributed by atoms with E-state index in [0.717, 1.165) is 0 Å². The number of hydrogen-bond acceptors (Lipinski definition) is 3. The quantitative estimate of drug-likeness (QED) is 0.871. The predicted molar refractivity (Wildman–Crippen MR) is 84.1 cm³/mol. The van der Waals surface area contributed by atoms with Gasteiger partial charge in [-0.3, -0.25) is 4.79 Å². The molecule has 116 valence electrons. The lowest BCUT2D eigenvalue weighted by molar-refractivity contribution is -0.135. The second-order valence-corrected chi connectivity index (χ2v) is 6.12. The van der Waals surface area contributed by atoms with E-state index >= 15 is 0 Å². The Kier molecular flexibility index (Phi) is 5.37. The minimum absolute atomic E-state index is 0.0767. The van der Waals surface area contributed by atoms with E-state index in [1.807, 2.05) is 0 Å². The molecule has 1 heterocycles. The Hall–Kier alpha value is -1.39. The highest BCUT2D eigenvalue weighted by molar-refractivity contribution is 5.83. The summed E-state index contributed by atoms with van der Waals surface area (Å²) in [7, 11) is 0. The molecule has 4 heteroatoms. The van der Waals surface area contributed by atoms with Crippen molar-refractivity contribution in [3.05, 3.63) is 35.4 Å². The molecule has 0 aliphatic carbocycles. The Morgan fingerprint density at radius 1 is 1.43 bits per heavy atom. The van der Waals surface area contributed by atoms with Crippen molar-refractivity contribution >= 4 is 5.91 Å². The first-order valence-electron chi connectivity index (χ1n) is 7.70. The second-order valence-electron chi connectivity index (χ2n) is 6.12. The van der Waals surface area contributed by atoms with Crippen LogP contribution >= 0.6 is 0 Å². The Labute approximate surface area is 127 Å². The fraction of sp³-hybridized carbons (Fsp3) is 0.588. The monoisotopic (exact) mass is 290 g/mol. The molecule has 3 N–H and O–H groups in total. The second kappa shape index (κ2) is 7.05.